The lowest BCUT2D eigenvalue weighted by Gasteiger charge is -2.24. The molecule has 1 aromatic heterocycles. The van der Waals surface area contributed by atoms with E-state index in [-0.39, 0.29) is 11.4 Å². The number of aromatic carboxylic acids is 1. The van der Waals surface area contributed by atoms with E-state index in [2.05, 4.69) is 5.32 Å². The van der Waals surface area contributed by atoms with E-state index in [9.17, 15) is 9.59 Å². The number of hydrogen-bond donors (Lipinski definition) is 2. The van der Waals surface area contributed by atoms with Crippen molar-refractivity contribution < 1.29 is 14.7 Å². The van der Waals surface area contributed by atoms with Gasteiger partial charge in [0.2, 0.25) is 5.91 Å². The normalized spacial score (nSPS) is 11.3. The first-order valence-corrected chi connectivity index (χ1v) is 7.46. The summed E-state index contributed by atoms with van der Waals surface area (Å²) in [6.45, 7) is 5.97. The first-order valence-electron chi connectivity index (χ1n) is 5.59. The topological polar surface area (TPSA) is 66.4 Å². The highest BCUT2D eigenvalue weighted by Gasteiger charge is 2.17. The summed E-state index contributed by atoms with van der Waals surface area (Å²) in [6, 6.07) is 1.59. The van der Waals surface area contributed by atoms with E-state index in [0.717, 1.165) is 11.3 Å². The minimum absolute atomic E-state index is 0.0325. The summed E-state index contributed by atoms with van der Waals surface area (Å²) >= 11 is 2.53. The SMILES string of the molecule is CCC(C)(C)NC(=O)CSc1csc(C(=O)O)c1. The molecule has 0 spiro atoms. The van der Waals surface area contributed by atoms with E-state index < -0.39 is 5.97 Å². The van der Waals surface area contributed by atoms with E-state index in [1.54, 1.807) is 11.4 Å². The number of carboxylic acids is 1. The van der Waals surface area contributed by atoms with Crippen molar-refractivity contribution in [3.05, 3.63) is 16.3 Å². The first kappa shape index (κ1) is 15.0. The molecule has 0 aliphatic rings. The molecule has 1 rings (SSSR count). The third-order valence-corrected chi connectivity index (χ3v) is 4.56. The molecule has 0 saturated carbocycles. The van der Waals surface area contributed by atoms with Crippen LogP contribution in [0.3, 0.4) is 0 Å². The van der Waals surface area contributed by atoms with Crippen LogP contribution in [-0.2, 0) is 4.79 Å². The van der Waals surface area contributed by atoms with Crippen LogP contribution >= 0.6 is 23.1 Å². The van der Waals surface area contributed by atoms with Crippen LogP contribution in [0.1, 0.15) is 36.9 Å². The molecule has 0 aromatic carbocycles. The van der Waals surface area contributed by atoms with Crippen molar-refractivity contribution in [1.82, 2.24) is 5.32 Å². The molecule has 0 saturated heterocycles. The van der Waals surface area contributed by atoms with Crippen molar-refractivity contribution in [2.45, 2.75) is 37.6 Å². The Hall–Kier alpha value is -1.01. The van der Waals surface area contributed by atoms with Gasteiger partial charge in [-0.05, 0) is 26.3 Å². The molecule has 4 nitrogen and oxygen atoms in total. The van der Waals surface area contributed by atoms with Crippen molar-refractivity contribution in [1.29, 1.82) is 0 Å². The Morgan fingerprint density at radius 2 is 2.17 bits per heavy atom. The molecule has 0 unspecified atom stereocenters. The minimum atomic E-state index is -0.927. The molecule has 0 aliphatic heterocycles. The molecule has 18 heavy (non-hydrogen) atoms. The number of carbonyl (C=O) groups is 2. The number of amides is 1. The van der Waals surface area contributed by atoms with Crippen molar-refractivity contribution >= 4 is 35.0 Å². The molecule has 1 amide bonds. The highest BCUT2D eigenvalue weighted by Crippen LogP contribution is 2.24. The number of carbonyl (C=O) groups excluding carboxylic acids is 1. The van der Waals surface area contributed by atoms with Gasteiger partial charge in [-0.15, -0.1) is 23.1 Å². The maximum absolute atomic E-state index is 11.7. The van der Waals surface area contributed by atoms with Crippen molar-refractivity contribution in [3.63, 3.8) is 0 Å². The zero-order chi connectivity index (χ0) is 13.8. The van der Waals surface area contributed by atoms with Gasteiger partial charge in [0.15, 0.2) is 0 Å². The largest absolute Gasteiger partial charge is 0.477 e. The third kappa shape index (κ3) is 4.70. The Labute approximate surface area is 115 Å². The van der Waals surface area contributed by atoms with Crippen LogP contribution in [0, 0.1) is 0 Å². The number of nitrogens with one attached hydrogen (secondary N) is 1. The fourth-order valence-corrected chi connectivity index (χ4v) is 2.83. The molecule has 1 heterocycles. The summed E-state index contributed by atoms with van der Waals surface area (Å²) in [5, 5.41) is 13.5. The average Bonchev–Trinajstić information content (AvgIpc) is 2.74. The Bertz CT molecular complexity index is 440. The standard InChI is InChI=1S/C12H17NO3S2/c1-4-12(2,3)13-10(14)7-17-8-5-9(11(15)16)18-6-8/h5-6H,4,7H2,1-3H3,(H,13,14)(H,15,16). The van der Waals surface area contributed by atoms with Gasteiger partial charge in [0.05, 0.1) is 5.75 Å². The summed E-state index contributed by atoms with van der Waals surface area (Å²) < 4.78 is 0. The summed E-state index contributed by atoms with van der Waals surface area (Å²) in [7, 11) is 0. The molecule has 2 N–H and O–H groups in total. The number of hydrogen-bond acceptors (Lipinski definition) is 4. The molecule has 0 radical (unpaired) electrons. The van der Waals surface area contributed by atoms with Crippen LogP contribution in [0.4, 0.5) is 0 Å². The zero-order valence-corrected chi connectivity index (χ0v) is 12.3. The Morgan fingerprint density at radius 1 is 1.50 bits per heavy atom. The van der Waals surface area contributed by atoms with E-state index in [0.29, 0.717) is 10.6 Å². The second-order valence-electron chi connectivity index (χ2n) is 4.53. The van der Waals surface area contributed by atoms with Crippen LogP contribution in [0.5, 0.6) is 0 Å². The average molecular weight is 287 g/mol. The second-order valence-corrected chi connectivity index (χ2v) is 6.49. The van der Waals surface area contributed by atoms with Crippen molar-refractivity contribution in [2.24, 2.45) is 0 Å². The lowest BCUT2D eigenvalue weighted by Crippen LogP contribution is -2.43. The Balaban J connectivity index is 2.45. The summed E-state index contributed by atoms with van der Waals surface area (Å²) in [4.78, 5) is 23.5. The smallest absolute Gasteiger partial charge is 0.345 e. The second kappa shape index (κ2) is 6.24. The maximum atomic E-state index is 11.7. The quantitative estimate of drug-likeness (QED) is 0.790. The predicted molar refractivity (Wildman–Crippen MR) is 74.5 cm³/mol. The van der Waals surface area contributed by atoms with Crippen LogP contribution in [0.15, 0.2) is 16.3 Å². The molecule has 0 bridgehead atoms. The van der Waals surface area contributed by atoms with Gasteiger partial charge >= 0.3 is 5.97 Å². The zero-order valence-electron chi connectivity index (χ0n) is 10.6. The predicted octanol–water partition coefficient (Wildman–Crippen LogP) is 2.84. The van der Waals surface area contributed by atoms with E-state index >= 15 is 0 Å². The maximum Gasteiger partial charge on any atom is 0.345 e. The van der Waals surface area contributed by atoms with Crippen LogP contribution in [0.25, 0.3) is 0 Å². The minimum Gasteiger partial charge on any atom is -0.477 e. The van der Waals surface area contributed by atoms with Crippen molar-refractivity contribution in [2.75, 3.05) is 5.75 Å². The van der Waals surface area contributed by atoms with Crippen LogP contribution < -0.4 is 5.32 Å². The monoisotopic (exact) mass is 287 g/mol. The highest BCUT2D eigenvalue weighted by molar-refractivity contribution is 8.00. The Morgan fingerprint density at radius 3 is 2.67 bits per heavy atom. The molecule has 0 fully saturated rings. The van der Waals surface area contributed by atoms with Gasteiger partial charge in [-0.2, -0.15) is 0 Å². The van der Waals surface area contributed by atoms with Gasteiger partial charge in [-0.1, -0.05) is 6.92 Å². The van der Waals surface area contributed by atoms with Gasteiger partial charge in [0.25, 0.3) is 0 Å². The first-order chi connectivity index (χ1) is 8.34. The van der Waals surface area contributed by atoms with Gasteiger partial charge < -0.3 is 10.4 Å². The number of carboxylic acid groups (broad SMARTS) is 1. The van der Waals surface area contributed by atoms with Gasteiger partial charge in [-0.25, -0.2) is 4.79 Å². The van der Waals surface area contributed by atoms with E-state index in [1.165, 1.54) is 23.1 Å². The van der Waals surface area contributed by atoms with Crippen molar-refractivity contribution in [3.8, 4) is 0 Å². The fraction of sp³-hybridized carbons (Fsp3) is 0.500. The van der Waals surface area contributed by atoms with E-state index in [1.807, 2.05) is 20.8 Å². The van der Waals surface area contributed by atoms with Gasteiger partial charge in [0.1, 0.15) is 4.88 Å². The lowest BCUT2D eigenvalue weighted by atomic mass is 10.0. The Kier molecular flexibility index (Phi) is 5.22. The van der Waals surface area contributed by atoms with E-state index in [4.69, 9.17) is 5.11 Å². The molecule has 6 heteroatoms. The summed E-state index contributed by atoms with van der Waals surface area (Å²) in [5.74, 6) is -0.655. The van der Waals surface area contributed by atoms with Gasteiger partial charge in [-0.3, -0.25) is 4.79 Å². The molecular weight excluding hydrogens is 270 g/mol. The molecule has 100 valence electrons. The van der Waals surface area contributed by atoms with Gasteiger partial charge in [0, 0.05) is 15.8 Å². The van der Waals surface area contributed by atoms with Crippen LogP contribution in [0.2, 0.25) is 0 Å². The summed E-state index contributed by atoms with van der Waals surface area (Å²) in [5.41, 5.74) is -0.196. The number of thioether (sulfide) groups is 1. The fourth-order valence-electron chi connectivity index (χ4n) is 1.16. The highest BCUT2D eigenvalue weighted by atomic mass is 32.2. The number of thiophene rings is 1. The molecule has 1 aromatic rings. The lowest BCUT2D eigenvalue weighted by molar-refractivity contribution is -0.120. The molecular formula is C12H17NO3S2. The third-order valence-electron chi connectivity index (χ3n) is 2.52. The van der Waals surface area contributed by atoms with Crippen LogP contribution in [-0.4, -0.2) is 28.3 Å². The molecule has 0 atom stereocenters. The number of rotatable bonds is 6. The summed E-state index contributed by atoms with van der Waals surface area (Å²) in [6.07, 6.45) is 0.866. The molecule has 0 aliphatic carbocycles.